The maximum Gasteiger partial charge on any atom is 0.244 e. The maximum atomic E-state index is 12.6. The molecule has 2 aromatic carbocycles. The number of ether oxygens (including phenoxy) is 3. The fraction of sp³-hybridized carbons (Fsp3) is 0.185. The smallest absolute Gasteiger partial charge is 0.244 e. The van der Waals surface area contributed by atoms with Crippen molar-refractivity contribution < 1.29 is 23.4 Å². The Labute approximate surface area is 198 Å². The Balaban J connectivity index is 1.70. The van der Waals surface area contributed by atoms with Crippen molar-refractivity contribution in [1.82, 2.24) is 10.3 Å². The number of furan rings is 1. The zero-order chi connectivity index (χ0) is 24.1. The van der Waals surface area contributed by atoms with E-state index in [9.17, 15) is 4.79 Å². The number of pyridine rings is 1. The van der Waals surface area contributed by atoms with Crippen LogP contribution in [0, 0.1) is 0 Å². The van der Waals surface area contributed by atoms with Gasteiger partial charge in [0, 0.05) is 53.2 Å². The summed E-state index contributed by atoms with van der Waals surface area (Å²) in [6.45, 7) is 2.27. The summed E-state index contributed by atoms with van der Waals surface area (Å²) in [5.74, 6) is 1.81. The van der Waals surface area contributed by atoms with Crippen molar-refractivity contribution in [1.29, 1.82) is 0 Å². The number of carbonyl (C=O) groups is 1. The number of amides is 1. The summed E-state index contributed by atoms with van der Waals surface area (Å²) in [7, 11) is 4.84. The second-order valence-corrected chi connectivity index (χ2v) is 7.67. The van der Waals surface area contributed by atoms with Crippen LogP contribution in [0.2, 0.25) is 0 Å². The molecule has 0 aliphatic carbocycles. The Hall–Kier alpha value is -4.26. The second kappa shape index (κ2) is 10.1. The van der Waals surface area contributed by atoms with Crippen LogP contribution in [0.4, 0.5) is 0 Å². The van der Waals surface area contributed by atoms with Gasteiger partial charge < -0.3 is 23.9 Å². The van der Waals surface area contributed by atoms with E-state index in [0.717, 1.165) is 33.2 Å². The lowest BCUT2D eigenvalue weighted by Crippen LogP contribution is -2.20. The first-order valence-corrected chi connectivity index (χ1v) is 10.7. The zero-order valence-corrected chi connectivity index (χ0v) is 19.5. The van der Waals surface area contributed by atoms with E-state index in [1.54, 1.807) is 46.1 Å². The molecule has 0 aliphatic heterocycles. The van der Waals surface area contributed by atoms with Crippen LogP contribution in [0.3, 0.4) is 0 Å². The minimum Gasteiger partial charge on any atom is -0.497 e. The standard InChI is InChI=1S/C27H26N2O5/c1-17(10-27(30)29-15-18-6-5-9-28-14-18)20-12-22-23(16-34-26(22)13-25(20)33-4)21-11-19(31-2)7-8-24(21)32-3/h5-14,16H,15H2,1-4H3,(H,29,30)/b17-10+. The summed E-state index contributed by atoms with van der Waals surface area (Å²) >= 11 is 0. The second-order valence-electron chi connectivity index (χ2n) is 7.67. The van der Waals surface area contributed by atoms with Crippen LogP contribution in [0.5, 0.6) is 17.2 Å². The topological polar surface area (TPSA) is 82.8 Å². The SMILES string of the molecule is COc1ccc(OC)c(-c2coc3cc(OC)c(/C(C)=C/C(=O)NCc4cccnc4)cc23)c1. The number of benzene rings is 2. The van der Waals surface area contributed by atoms with E-state index in [2.05, 4.69) is 10.3 Å². The van der Waals surface area contributed by atoms with Crippen molar-refractivity contribution in [3.8, 4) is 28.4 Å². The van der Waals surface area contributed by atoms with E-state index in [0.29, 0.717) is 29.4 Å². The fourth-order valence-corrected chi connectivity index (χ4v) is 3.78. The van der Waals surface area contributed by atoms with Crippen LogP contribution in [-0.2, 0) is 11.3 Å². The minimum absolute atomic E-state index is 0.203. The number of methoxy groups -OCH3 is 3. The van der Waals surface area contributed by atoms with Gasteiger partial charge in [0.05, 0.1) is 27.6 Å². The van der Waals surface area contributed by atoms with E-state index < -0.39 is 0 Å². The molecule has 0 spiro atoms. The first-order valence-electron chi connectivity index (χ1n) is 10.7. The number of hydrogen-bond donors (Lipinski definition) is 1. The number of fused-ring (bicyclic) bond motifs is 1. The van der Waals surface area contributed by atoms with E-state index >= 15 is 0 Å². The Morgan fingerprint density at radius 1 is 1.03 bits per heavy atom. The van der Waals surface area contributed by atoms with Crippen molar-refractivity contribution in [2.75, 3.05) is 21.3 Å². The van der Waals surface area contributed by atoms with Crippen molar-refractivity contribution in [3.63, 3.8) is 0 Å². The predicted molar refractivity (Wildman–Crippen MR) is 131 cm³/mol. The molecule has 0 atom stereocenters. The van der Waals surface area contributed by atoms with E-state index in [1.807, 2.05) is 49.4 Å². The molecule has 2 aromatic heterocycles. The molecule has 0 unspecified atom stereocenters. The molecular formula is C27H26N2O5. The number of aromatic nitrogens is 1. The minimum atomic E-state index is -0.203. The number of nitrogens with zero attached hydrogens (tertiary/aromatic N) is 1. The zero-order valence-electron chi connectivity index (χ0n) is 19.5. The molecule has 1 amide bonds. The average molecular weight is 459 g/mol. The van der Waals surface area contributed by atoms with Gasteiger partial charge in [-0.05, 0) is 48.4 Å². The highest BCUT2D eigenvalue weighted by molar-refractivity contribution is 6.01. The van der Waals surface area contributed by atoms with Gasteiger partial charge in [0.15, 0.2) is 0 Å². The Morgan fingerprint density at radius 3 is 2.56 bits per heavy atom. The first-order chi connectivity index (χ1) is 16.5. The fourth-order valence-electron chi connectivity index (χ4n) is 3.78. The summed E-state index contributed by atoms with van der Waals surface area (Å²) in [5.41, 5.74) is 4.82. The van der Waals surface area contributed by atoms with Crippen molar-refractivity contribution in [3.05, 3.63) is 78.3 Å². The van der Waals surface area contributed by atoms with Gasteiger partial charge >= 0.3 is 0 Å². The molecule has 4 rings (SSSR count). The Morgan fingerprint density at radius 2 is 1.85 bits per heavy atom. The molecule has 0 fully saturated rings. The van der Waals surface area contributed by atoms with Crippen molar-refractivity contribution in [2.24, 2.45) is 0 Å². The number of hydrogen-bond acceptors (Lipinski definition) is 6. The van der Waals surface area contributed by atoms with E-state index in [-0.39, 0.29) is 5.91 Å². The van der Waals surface area contributed by atoms with Crippen molar-refractivity contribution in [2.45, 2.75) is 13.5 Å². The van der Waals surface area contributed by atoms with Gasteiger partial charge in [-0.3, -0.25) is 9.78 Å². The molecule has 2 heterocycles. The van der Waals surface area contributed by atoms with Crippen LogP contribution in [-0.4, -0.2) is 32.2 Å². The molecular weight excluding hydrogens is 432 g/mol. The Kier molecular flexibility index (Phi) is 6.82. The monoisotopic (exact) mass is 458 g/mol. The van der Waals surface area contributed by atoms with Gasteiger partial charge in [-0.15, -0.1) is 0 Å². The molecule has 0 saturated heterocycles. The van der Waals surface area contributed by atoms with Crippen LogP contribution < -0.4 is 19.5 Å². The third kappa shape index (κ3) is 4.73. The highest BCUT2D eigenvalue weighted by Gasteiger charge is 2.18. The van der Waals surface area contributed by atoms with Gasteiger partial charge in [-0.1, -0.05) is 6.07 Å². The summed E-state index contributed by atoms with van der Waals surface area (Å²) in [6, 6.07) is 13.1. The molecule has 0 bridgehead atoms. The third-order valence-corrected chi connectivity index (χ3v) is 5.55. The largest absolute Gasteiger partial charge is 0.497 e. The van der Waals surface area contributed by atoms with Gasteiger partial charge in [-0.25, -0.2) is 0 Å². The van der Waals surface area contributed by atoms with Crippen LogP contribution in [0.1, 0.15) is 18.1 Å². The van der Waals surface area contributed by atoms with Gasteiger partial charge in [0.1, 0.15) is 22.8 Å². The molecule has 174 valence electrons. The summed E-state index contributed by atoms with van der Waals surface area (Å²) in [6.07, 6.45) is 6.67. The third-order valence-electron chi connectivity index (χ3n) is 5.55. The summed E-state index contributed by atoms with van der Waals surface area (Å²) in [4.78, 5) is 16.6. The molecule has 0 radical (unpaired) electrons. The number of rotatable bonds is 8. The van der Waals surface area contributed by atoms with Crippen LogP contribution >= 0.6 is 0 Å². The van der Waals surface area contributed by atoms with E-state index in [1.165, 1.54) is 0 Å². The lowest BCUT2D eigenvalue weighted by molar-refractivity contribution is -0.116. The highest BCUT2D eigenvalue weighted by atomic mass is 16.5. The maximum absolute atomic E-state index is 12.6. The number of allylic oxidation sites excluding steroid dienone is 1. The predicted octanol–water partition coefficient (Wildman–Crippen LogP) is 5.24. The van der Waals surface area contributed by atoms with Gasteiger partial charge in [-0.2, -0.15) is 0 Å². The number of carbonyl (C=O) groups excluding carboxylic acids is 1. The normalized spacial score (nSPS) is 11.4. The molecule has 0 aliphatic rings. The molecule has 7 heteroatoms. The van der Waals surface area contributed by atoms with Crippen molar-refractivity contribution >= 4 is 22.4 Å². The quantitative estimate of drug-likeness (QED) is 0.364. The number of nitrogens with one attached hydrogen (secondary N) is 1. The lowest BCUT2D eigenvalue weighted by Gasteiger charge is -2.12. The first kappa shape index (κ1) is 22.9. The van der Waals surface area contributed by atoms with Crippen LogP contribution in [0.25, 0.3) is 27.7 Å². The average Bonchev–Trinajstić information content (AvgIpc) is 3.29. The van der Waals surface area contributed by atoms with Crippen LogP contribution in [0.15, 0.2) is 71.6 Å². The molecule has 34 heavy (non-hydrogen) atoms. The van der Waals surface area contributed by atoms with E-state index in [4.69, 9.17) is 18.6 Å². The molecule has 4 aromatic rings. The highest BCUT2D eigenvalue weighted by Crippen LogP contribution is 2.41. The molecule has 1 N–H and O–H groups in total. The summed E-state index contributed by atoms with van der Waals surface area (Å²) < 4.78 is 22.4. The molecule has 0 saturated carbocycles. The Bertz CT molecular complexity index is 1340. The molecule has 7 nitrogen and oxygen atoms in total. The van der Waals surface area contributed by atoms with Gasteiger partial charge in [0.2, 0.25) is 5.91 Å². The summed E-state index contributed by atoms with van der Waals surface area (Å²) in [5, 5.41) is 3.76. The van der Waals surface area contributed by atoms with Gasteiger partial charge in [0.25, 0.3) is 0 Å². The lowest BCUT2D eigenvalue weighted by atomic mass is 9.98.